The van der Waals surface area contributed by atoms with Gasteiger partial charge in [-0.25, -0.2) is 8.42 Å². The molecule has 0 heterocycles. The van der Waals surface area contributed by atoms with Crippen LogP contribution < -0.4 is 0 Å². The minimum Gasteiger partial charge on any atom is -0.218 e. The van der Waals surface area contributed by atoms with Gasteiger partial charge in [0.1, 0.15) is 0 Å². The van der Waals surface area contributed by atoms with Gasteiger partial charge in [0.2, 0.25) is 9.84 Å². The molecule has 0 fully saturated rings. The summed E-state index contributed by atoms with van der Waals surface area (Å²) in [4.78, 5) is 0.0181. The Hall–Kier alpha value is -1.82. The van der Waals surface area contributed by atoms with Crippen LogP contribution in [0.1, 0.15) is 22.3 Å². The van der Waals surface area contributed by atoms with Gasteiger partial charge in [-0.2, -0.15) is 13.2 Å². The molecule has 0 amide bonds. The maximum Gasteiger partial charge on any atom is 0.416 e. The Morgan fingerprint density at radius 3 is 1.95 bits per heavy atom. The van der Waals surface area contributed by atoms with E-state index in [1.54, 1.807) is 18.2 Å². The smallest absolute Gasteiger partial charge is 0.218 e. The number of rotatable bonds is 2. The van der Waals surface area contributed by atoms with Crippen LogP contribution in [0.15, 0.2) is 46.2 Å². The van der Waals surface area contributed by atoms with E-state index in [9.17, 15) is 21.6 Å². The Kier molecular flexibility index (Phi) is 4.08. The zero-order valence-electron chi connectivity index (χ0n) is 12.3. The molecule has 0 bridgehead atoms. The number of sulfone groups is 1. The molecule has 2 rings (SSSR count). The zero-order valence-corrected chi connectivity index (χ0v) is 13.1. The summed E-state index contributed by atoms with van der Waals surface area (Å²) in [5.41, 5.74) is -0.627. The number of alkyl halides is 3. The van der Waals surface area contributed by atoms with Crippen LogP contribution in [-0.4, -0.2) is 8.42 Å². The van der Waals surface area contributed by atoms with Gasteiger partial charge in [0, 0.05) is 0 Å². The summed E-state index contributed by atoms with van der Waals surface area (Å²) in [6.45, 7) is 4.09. The summed E-state index contributed by atoms with van der Waals surface area (Å²) in [6, 6.07) is 8.60. The van der Waals surface area contributed by atoms with E-state index >= 15 is 0 Å². The van der Waals surface area contributed by atoms with E-state index in [-0.39, 0.29) is 26.5 Å². The van der Waals surface area contributed by atoms with Crippen LogP contribution in [-0.2, 0) is 16.0 Å². The lowest BCUT2D eigenvalue weighted by Gasteiger charge is -2.18. The summed E-state index contributed by atoms with van der Waals surface area (Å²) >= 11 is 0. The monoisotopic (exact) mass is 328 g/mol. The molecular weight excluding hydrogens is 313 g/mol. The molecular formula is C16H15F3O2S. The van der Waals surface area contributed by atoms with Crippen molar-refractivity contribution in [1.29, 1.82) is 0 Å². The number of aryl methyl sites for hydroxylation is 1. The molecule has 2 aromatic rings. The van der Waals surface area contributed by atoms with Crippen LogP contribution in [0.25, 0.3) is 0 Å². The normalized spacial score (nSPS) is 12.5. The maximum atomic E-state index is 13.0. The van der Waals surface area contributed by atoms with Gasteiger partial charge in [-0.15, -0.1) is 0 Å². The maximum absolute atomic E-state index is 13.0. The van der Waals surface area contributed by atoms with Crippen LogP contribution in [0.4, 0.5) is 13.2 Å². The Labute approximate surface area is 127 Å². The number of hydrogen-bond acceptors (Lipinski definition) is 2. The highest BCUT2D eigenvalue weighted by Gasteiger charge is 2.35. The van der Waals surface area contributed by atoms with Crippen LogP contribution in [0.5, 0.6) is 0 Å². The van der Waals surface area contributed by atoms with E-state index in [1.165, 1.54) is 32.9 Å². The van der Waals surface area contributed by atoms with E-state index in [4.69, 9.17) is 0 Å². The molecule has 0 spiro atoms. The van der Waals surface area contributed by atoms with Crippen molar-refractivity contribution in [1.82, 2.24) is 0 Å². The minimum absolute atomic E-state index is 0.0517. The lowest BCUT2D eigenvalue weighted by atomic mass is 9.99. The number of halogens is 3. The first-order chi connectivity index (χ1) is 10.1. The Bertz CT molecular complexity index is 808. The molecule has 0 radical (unpaired) electrons. The molecule has 0 aromatic heterocycles. The minimum atomic E-state index is -4.51. The predicted octanol–water partition coefficient (Wildman–Crippen LogP) is 4.46. The molecule has 0 saturated carbocycles. The van der Waals surface area contributed by atoms with Crippen LogP contribution in [0.3, 0.4) is 0 Å². The molecule has 0 aliphatic carbocycles. The van der Waals surface area contributed by atoms with Crippen molar-refractivity contribution in [3.63, 3.8) is 0 Å². The first-order valence-electron chi connectivity index (χ1n) is 6.55. The van der Waals surface area contributed by atoms with Crippen molar-refractivity contribution in [2.24, 2.45) is 0 Å². The van der Waals surface area contributed by atoms with Gasteiger partial charge >= 0.3 is 6.18 Å². The van der Waals surface area contributed by atoms with Gasteiger partial charge < -0.3 is 0 Å². The van der Waals surface area contributed by atoms with E-state index in [1.807, 2.05) is 0 Å². The fourth-order valence-electron chi connectivity index (χ4n) is 2.48. The fourth-order valence-corrected chi connectivity index (χ4v) is 4.27. The summed E-state index contributed by atoms with van der Waals surface area (Å²) in [6.07, 6.45) is -4.51. The van der Waals surface area contributed by atoms with Gasteiger partial charge in [0.25, 0.3) is 0 Å². The van der Waals surface area contributed by atoms with Gasteiger partial charge in [0.05, 0.1) is 15.4 Å². The van der Waals surface area contributed by atoms with E-state index in [0.29, 0.717) is 0 Å². The van der Waals surface area contributed by atoms with E-state index in [2.05, 4.69) is 0 Å². The highest BCUT2D eigenvalue weighted by molar-refractivity contribution is 7.91. The molecule has 6 heteroatoms. The molecule has 22 heavy (non-hydrogen) atoms. The quantitative estimate of drug-likeness (QED) is 0.815. The van der Waals surface area contributed by atoms with E-state index in [0.717, 1.165) is 6.07 Å². The summed E-state index contributed by atoms with van der Waals surface area (Å²) in [5, 5.41) is 0. The first kappa shape index (κ1) is 16.5. The Balaban J connectivity index is 2.76. The average molecular weight is 328 g/mol. The lowest BCUT2D eigenvalue weighted by Crippen LogP contribution is -2.14. The molecule has 2 nitrogen and oxygen atoms in total. The number of benzene rings is 2. The summed E-state index contributed by atoms with van der Waals surface area (Å²) in [5.74, 6) is 0. The zero-order chi connectivity index (χ0) is 16.7. The molecule has 0 saturated heterocycles. The topological polar surface area (TPSA) is 34.1 Å². The third-order valence-corrected chi connectivity index (χ3v) is 5.71. The summed E-state index contributed by atoms with van der Waals surface area (Å²) < 4.78 is 64.4. The molecule has 118 valence electrons. The molecule has 0 atom stereocenters. The van der Waals surface area contributed by atoms with Crippen molar-refractivity contribution in [3.05, 3.63) is 58.7 Å². The van der Waals surface area contributed by atoms with Crippen molar-refractivity contribution in [3.8, 4) is 0 Å². The van der Waals surface area contributed by atoms with Crippen LogP contribution >= 0.6 is 0 Å². The standard InChI is InChI=1S/C16H15F3O2S/c1-10-9-14(16(17,18)19)11(2)12(3)15(10)22(20,21)13-7-5-4-6-8-13/h4-9H,1-3H3. The number of hydrogen-bond donors (Lipinski definition) is 0. The third kappa shape index (κ3) is 2.75. The second kappa shape index (κ2) is 5.43. The largest absolute Gasteiger partial charge is 0.416 e. The summed E-state index contributed by atoms with van der Waals surface area (Å²) in [7, 11) is -3.85. The molecule has 0 aliphatic rings. The lowest BCUT2D eigenvalue weighted by molar-refractivity contribution is -0.138. The van der Waals surface area contributed by atoms with Crippen LogP contribution in [0.2, 0.25) is 0 Å². The molecule has 0 aliphatic heterocycles. The predicted molar refractivity (Wildman–Crippen MR) is 77.5 cm³/mol. The SMILES string of the molecule is Cc1cc(C(F)(F)F)c(C)c(C)c1S(=O)(=O)c1ccccc1. The van der Waals surface area contributed by atoms with Crippen molar-refractivity contribution in [2.45, 2.75) is 36.7 Å². The Morgan fingerprint density at radius 2 is 1.45 bits per heavy atom. The first-order valence-corrected chi connectivity index (χ1v) is 8.03. The molecule has 0 N–H and O–H groups in total. The average Bonchev–Trinajstić information content (AvgIpc) is 2.42. The highest BCUT2D eigenvalue weighted by atomic mass is 32.2. The van der Waals surface area contributed by atoms with Crippen molar-refractivity contribution in [2.75, 3.05) is 0 Å². The highest BCUT2D eigenvalue weighted by Crippen LogP contribution is 2.38. The Morgan fingerprint density at radius 1 is 0.909 bits per heavy atom. The van der Waals surface area contributed by atoms with Crippen molar-refractivity contribution < 1.29 is 21.6 Å². The third-order valence-electron chi connectivity index (χ3n) is 3.65. The van der Waals surface area contributed by atoms with Crippen LogP contribution in [0, 0.1) is 20.8 Å². The fraction of sp³-hybridized carbons (Fsp3) is 0.250. The molecule has 2 aromatic carbocycles. The van der Waals surface area contributed by atoms with Gasteiger partial charge in [-0.05, 0) is 55.7 Å². The van der Waals surface area contributed by atoms with Crippen molar-refractivity contribution >= 4 is 9.84 Å². The molecule has 0 unspecified atom stereocenters. The second-order valence-corrected chi connectivity index (χ2v) is 7.02. The second-order valence-electron chi connectivity index (χ2n) is 5.13. The van der Waals surface area contributed by atoms with Gasteiger partial charge in [-0.3, -0.25) is 0 Å². The van der Waals surface area contributed by atoms with E-state index < -0.39 is 21.6 Å². The van der Waals surface area contributed by atoms with Gasteiger partial charge in [0.15, 0.2) is 0 Å². The van der Waals surface area contributed by atoms with Gasteiger partial charge in [-0.1, -0.05) is 18.2 Å².